The maximum atomic E-state index is 11.5. The molecule has 5 heteroatoms. The van der Waals surface area contributed by atoms with Crippen LogP contribution in [0.4, 0.5) is 0 Å². The highest BCUT2D eigenvalue weighted by atomic mass is 32.2. The summed E-state index contributed by atoms with van der Waals surface area (Å²) in [5.41, 5.74) is 0. The molecule has 0 saturated carbocycles. The van der Waals surface area contributed by atoms with Gasteiger partial charge in [-0.1, -0.05) is 13.3 Å². The van der Waals surface area contributed by atoms with Gasteiger partial charge in [-0.2, -0.15) is 5.26 Å². The summed E-state index contributed by atoms with van der Waals surface area (Å²) in [7, 11) is -3.38. The molecule has 0 bridgehead atoms. The molecular weight excluding hydrogens is 202 g/mol. The fraction of sp³-hybridized carbons (Fsp3) is 0.778. The summed E-state index contributed by atoms with van der Waals surface area (Å²) in [6.07, 6.45) is 2.13. The minimum Gasteiger partial charge on any atom is -0.297 e. The van der Waals surface area contributed by atoms with E-state index < -0.39 is 26.8 Å². The number of sulfone groups is 1. The number of nitriles is 1. The Balaban J connectivity index is 4.70. The van der Waals surface area contributed by atoms with Crippen molar-refractivity contribution < 1.29 is 13.2 Å². The van der Waals surface area contributed by atoms with Crippen LogP contribution in [0, 0.1) is 17.2 Å². The molecule has 0 aliphatic heterocycles. The van der Waals surface area contributed by atoms with Crippen molar-refractivity contribution in [2.75, 3.05) is 6.26 Å². The van der Waals surface area contributed by atoms with Crippen LogP contribution in [-0.2, 0) is 14.6 Å². The molecule has 14 heavy (non-hydrogen) atoms. The first kappa shape index (κ1) is 13.1. The third kappa shape index (κ3) is 3.46. The molecule has 80 valence electrons. The molecule has 4 nitrogen and oxygen atoms in total. The predicted molar refractivity (Wildman–Crippen MR) is 53.3 cm³/mol. The summed E-state index contributed by atoms with van der Waals surface area (Å²) < 4.78 is 22.1. The second-order valence-corrected chi connectivity index (χ2v) is 5.71. The molecule has 0 aromatic rings. The fourth-order valence-electron chi connectivity index (χ4n) is 1.05. The molecule has 0 radical (unpaired) electrons. The summed E-state index contributed by atoms with van der Waals surface area (Å²) in [4.78, 5) is 11.5. The van der Waals surface area contributed by atoms with E-state index >= 15 is 0 Å². The molecule has 0 heterocycles. The Bertz CT molecular complexity index is 340. The average Bonchev–Trinajstić information content (AvgIpc) is 2.10. The normalized spacial score (nSPS) is 15.6. The van der Waals surface area contributed by atoms with Gasteiger partial charge in [0.1, 0.15) is 11.2 Å². The number of carbonyl (C=O) groups excluding carboxylic acids is 1. The molecule has 0 aromatic heterocycles. The Morgan fingerprint density at radius 2 is 2.00 bits per heavy atom. The van der Waals surface area contributed by atoms with Gasteiger partial charge in [0.05, 0.1) is 6.07 Å². The Morgan fingerprint density at radius 1 is 1.50 bits per heavy atom. The highest BCUT2D eigenvalue weighted by Gasteiger charge is 2.29. The third-order valence-corrected chi connectivity index (χ3v) is 3.64. The molecule has 2 atom stereocenters. The van der Waals surface area contributed by atoms with Gasteiger partial charge < -0.3 is 0 Å². The second kappa shape index (κ2) is 5.11. The van der Waals surface area contributed by atoms with Gasteiger partial charge >= 0.3 is 0 Å². The lowest BCUT2D eigenvalue weighted by atomic mass is 9.98. The minimum atomic E-state index is -3.38. The van der Waals surface area contributed by atoms with E-state index in [0.29, 0.717) is 12.8 Å². The Hall–Kier alpha value is -0.890. The van der Waals surface area contributed by atoms with Crippen molar-refractivity contribution in [3.8, 4) is 6.07 Å². The maximum absolute atomic E-state index is 11.5. The van der Waals surface area contributed by atoms with Crippen LogP contribution >= 0.6 is 0 Å². The van der Waals surface area contributed by atoms with Crippen molar-refractivity contribution >= 4 is 15.6 Å². The van der Waals surface area contributed by atoms with Gasteiger partial charge in [0.15, 0.2) is 15.6 Å². The molecule has 0 rings (SSSR count). The fourth-order valence-corrected chi connectivity index (χ4v) is 1.64. The third-order valence-electron chi connectivity index (χ3n) is 2.12. The molecule has 0 N–H and O–H groups in total. The predicted octanol–water partition coefficient (Wildman–Crippen LogP) is 0.928. The lowest BCUT2D eigenvalue weighted by Gasteiger charge is -2.11. The molecule has 0 amide bonds. The Kier molecular flexibility index (Phi) is 4.78. The zero-order chi connectivity index (χ0) is 11.4. The van der Waals surface area contributed by atoms with Gasteiger partial charge in [0, 0.05) is 6.26 Å². The van der Waals surface area contributed by atoms with E-state index in [4.69, 9.17) is 5.26 Å². The highest BCUT2D eigenvalue weighted by molar-refractivity contribution is 7.92. The van der Waals surface area contributed by atoms with E-state index in [1.807, 2.05) is 13.0 Å². The van der Waals surface area contributed by atoms with Gasteiger partial charge in [-0.05, 0) is 13.3 Å². The first-order valence-corrected chi connectivity index (χ1v) is 6.42. The maximum Gasteiger partial charge on any atom is 0.167 e. The number of hydrogen-bond donors (Lipinski definition) is 0. The van der Waals surface area contributed by atoms with Crippen LogP contribution in [0.25, 0.3) is 0 Å². The van der Waals surface area contributed by atoms with E-state index in [1.54, 1.807) is 0 Å². The first-order chi connectivity index (χ1) is 6.34. The molecule has 0 aromatic carbocycles. The van der Waals surface area contributed by atoms with E-state index in [9.17, 15) is 13.2 Å². The molecule has 0 fully saturated rings. The molecular formula is C9H15NO3S. The lowest BCUT2D eigenvalue weighted by Crippen LogP contribution is -2.31. The standard InChI is InChI=1S/C9H15NO3S/c1-4-5-8(6-10)9(11)7(2)14(3,12)13/h7-8H,4-5H2,1-3H3. The highest BCUT2D eigenvalue weighted by Crippen LogP contribution is 2.12. The summed E-state index contributed by atoms with van der Waals surface area (Å²) >= 11 is 0. The van der Waals surface area contributed by atoms with E-state index in [0.717, 1.165) is 6.26 Å². The van der Waals surface area contributed by atoms with Gasteiger partial charge in [-0.25, -0.2) is 8.42 Å². The quantitative estimate of drug-likeness (QED) is 0.686. The number of carbonyl (C=O) groups is 1. The average molecular weight is 217 g/mol. The SMILES string of the molecule is CCCC(C#N)C(=O)C(C)S(C)(=O)=O. The van der Waals surface area contributed by atoms with Crippen molar-refractivity contribution in [3.63, 3.8) is 0 Å². The summed E-state index contributed by atoms with van der Waals surface area (Å²) in [6, 6.07) is 1.84. The van der Waals surface area contributed by atoms with Crippen molar-refractivity contribution in [1.29, 1.82) is 5.26 Å². The monoisotopic (exact) mass is 217 g/mol. The van der Waals surface area contributed by atoms with Crippen LogP contribution in [0.2, 0.25) is 0 Å². The molecule has 0 saturated heterocycles. The van der Waals surface area contributed by atoms with Crippen molar-refractivity contribution in [1.82, 2.24) is 0 Å². The Morgan fingerprint density at radius 3 is 2.29 bits per heavy atom. The summed E-state index contributed by atoms with van der Waals surface area (Å²) in [5.74, 6) is -1.28. The molecule has 2 unspecified atom stereocenters. The number of rotatable bonds is 5. The van der Waals surface area contributed by atoms with E-state index in [-0.39, 0.29) is 0 Å². The van der Waals surface area contributed by atoms with Crippen molar-refractivity contribution in [3.05, 3.63) is 0 Å². The van der Waals surface area contributed by atoms with Gasteiger partial charge in [0.25, 0.3) is 0 Å². The zero-order valence-electron chi connectivity index (χ0n) is 8.65. The minimum absolute atomic E-state index is 0.426. The topological polar surface area (TPSA) is 75.0 Å². The van der Waals surface area contributed by atoms with Gasteiger partial charge in [0.2, 0.25) is 0 Å². The first-order valence-electron chi connectivity index (χ1n) is 4.46. The molecule has 0 spiro atoms. The number of hydrogen-bond acceptors (Lipinski definition) is 4. The Labute approximate surface area is 84.8 Å². The summed E-state index contributed by atoms with van der Waals surface area (Å²) in [6.45, 7) is 3.18. The molecule has 0 aliphatic rings. The zero-order valence-corrected chi connectivity index (χ0v) is 9.47. The summed E-state index contributed by atoms with van der Waals surface area (Å²) in [5, 5.41) is 7.61. The van der Waals surface area contributed by atoms with Crippen molar-refractivity contribution in [2.24, 2.45) is 5.92 Å². The second-order valence-electron chi connectivity index (χ2n) is 3.34. The lowest BCUT2D eigenvalue weighted by molar-refractivity contribution is -0.120. The number of Topliss-reactive ketones (excluding diaryl/α,β-unsaturated/α-hetero) is 1. The van der Waals surface area contributed by atoms with Crippen LogP contribution in [-0.4, -0.2) is 25.7 Å². The van der Waals surface area contributed by atoms with E-state index in [2.05, 4.69) is 0 Å². The largest absolute Gasteiger partial charge is 0.297 e. The molecule has 0 aliphatic carbocycles. The number of nitrogens with zero attached hydrogens (tertiary/aromatic N) is 1. The smallest absolute Gasteiger partial charge is 0.167 e. The van der Waals surface area contributed by atoms with Crippen LogP contribution < -0.4 is 0 Å². The van der Waals surface area contributed by atoms with Crippen LogP contribution in [0.5, 0.6) is 0 Å². The van der Waals surface area contributed by atoms with Gasteiger partial charge in [-0.3, -0.25) is 4.79 Å². The number of ketones is 1. The van der Waals surface area contributed by atoms with Crippen LogP contribution in [0.1, 0.15) is 26.7 Å². The van der Waals surface area contributed by atoms with Crippen LogP contribution in [0.3, 0.4) is 0 Å². The van der Waals surface area contributed by atoms with Crippen LogP contribution in [0.15, 0.2) is 0 Å². The van der Waals surface area contributed by atoms with Crippen molar-refractivity contribution in [2.45, 2.75) is 31.9 Å². The van der Waals surface area contributed by atoms with E-state index in [1.165, 1.54) is 6.92 Å². The van der Waals surface area contributed by atoms with Gasteiger partial charge in [-0.15, -0.1) is 0 Å².